The Bertz CT molecular complexity index is 1860. The van der Waals surface area contributed by atoms with Gasteiger partial charge in [-0.3, -0.25) is 24.0 Å². The van der Waals surface area contributed by atoms with E-state index >= 15 is 0 Å². The van der Waals surface area contributed by atoms with Crippen LogP contribution in [0.1, 0.15) is 91.2 Å². The van der Waals surface area contributed by atoms with Gasteiger partial charge in [-0.25, -0.2) is 9.59 Å². The third kappa shape index (κ3) is 16.2. The number of piperidine rings is 1. The third-order valence-corrected chi connectivity index (χ3v) is 11.2. The molecule has 2 heterocycles. The van der Waals surface area contributed by atoms with Crippen molar-refractivity contribution in [2.75, 3.05) is 32.7 Å². The van der Waals surface area contributed by atoms with Gasteiger partial charge in [0.25, 0.3) is 0 Å². The number of nitrogens with one attached hydrogen (secondary N) is 5. The number of amides is 7. The molecule has 63 heavy (non-hydrogen) atoms. The van der Waals surface area contributed by atoms with Crippen LogP contribution in [0.2, 0.25) is 0 Å². The molecular formula is C46H68N8O9. The smallest absolute Gasteiger partial charge is 0.407 e. The molecule has 2 aliphatic heterocycles. The van der Waals surface area contributed by atoms with Gasteiger partial charge in [0.2, 0.25) is 29.5 Å². The molecule has 17 heteroatoms. The Morgan fingerprint density at radius 2 is 1.19 bits per heavy atom. The largest absolute Gasteiger partial charge is 0.465 e. The molecule has 2 aromatic carbocycles. The number of nitrogens with two attached hydrogens (primary N) is 1. The maximum Gasteiger partial charge on any atom is 0.407 e. The number of carboxylic acid groups (broad SMARTS) is 1. The number of unbranched alkanes of at least 4 members (excludes halogenated alkanes) is 1. The number of nitrogens with zero attached hydrogens (tertiary/aromatic N) is 2. The lowest BCUT2D eigenvalue weighted by molar-refractivity contribution is -0.153. The fraction of sp³-hybridized carbons (Fsp3) is 0.587. The van der Waals surface area contributed by atoms with Gasteiger partial charge in [-0.15, -0.1) is 0 Å². The van der Waals surface area contributed by atoms with Crippen LogP contribution in [0.15, 0.2) is 60.7 Å². The number of carbonyl (C=O) groups is 7. The van der Waals surface area contributed by atoms with Crippen LogP contribution in [0, 0.1) is 11.3 Å². The number of rotatable bonds is 20. The van der Waals surface area contributed by atoms with Crippen LogP contribution >= 0.6 is 0 Å². The van der Waals surface area contributed by atoms with Gasteiger partial charge in [-0.05, 0) is 83.3 Å². The molecule has 0 radical (unpaired) electrons. The maximum atomic E-state index is 14.3. The zero-order valence-corrected chi connectivity index (χ0v) is 37.6. The predicted octanol–water partition coefficient (Wildman–Crippen LogP) is 3.10. The molecule has 2 saturated heterocycles. The van der Waals surface area contributed by atoms with Gasteiger partial charge < -0.3 is 52.0 Å². The number of hydrogen-bond donors (Lipinski definition) is 7. The first kappa shape index (κ1) is 49.9. The first-order chi connectivity index (χ1) is 29.7. The molecule has 17 nitrogen and oxygen atoms in total. The summed E-state index contributed by atoms with van der Waals surface area (Å²) in [6.07, 6.45) is 1.03. The van der Waals surface area contributed by atoms with Crippen LogP contribution in [0.25, 0.3) is 0 Å². The summed E-state index contributed by atoms with van der Waals surface area (Å²) in [6.45, 7) is 13.1. The van der Waals surface area contributed by atoms with Crippen molar-refractivity contribution < 1.29 is 43.4 Å². The molecule has 2 fully saturated rings. The summed E-state index contributed by atoms with van der Waals surface area (Å²) >= 11 is 0. The van der Waals surface area contributed by atoms with Crippen molar-refractivity contribution in [1.82, 2.24) is 36.4 Å². The van der Waals surface area contributed by atoms with Crippen molar-refractivity contribution >= 4 is 41.7 Å². The zero-order chi connectivity index (χ0) is 46.3. The van der Waals surface area contributed by atoms with Crippen LogP contribution < -0.4 is 32.3 Å². The second-order valence-corrected chi connectivity index (χ2v) is 18.4. The van der Waals surface area contributed by atoms with E-state index in [9.17, 15) is 38.7 Å². The fourth-order valence-corrected chi connectivity index (χ4v) is 7.97. The Labute approximate surface area is 371 Å². The van der Waals surface area contributed by atoms with E-state index in [0.29, 0.717) is 51.1 Å². The minimum Gasteiger partial charge on any atom is -0.465 e. The van der Waals surface area contributed by atoms with Crippen molar-refractivity contribution in [3.05, 3.63) is 71.8 Å². The number of hydrogen-bond acceptors (Lipinski definition) is 9. The quantitative estimate of drug-likeness (QED) is 0.0960. The fourth-order valence-electron chi connectivity index (χ4n) is 7.97. The maximum absolute atomic E-state index is 14.3. The van der Waals surface area contributed by atoms with Crippen LogP contribution in [-0.4, -0.2) is 125 Å². The molecule has 0 saturated carbocycles. The second-order valence-electron chi connectivity index (χ2n) is 18.4. The van der Waals surface area contributed by atoms with Crippen molar-refractivity contribution in [3.63, 3.8) is 0 Å². The highest BCUT2D eigenvalue weighted by atomic mass is 16.6. The summed E-state index contributed by atoms with van der Waals surface area (Å²) in [5.74, 6) is -2.37. The minimum atomic E-state index is -1.40. The first-order valence-electron chi connectivity index (χ1n) is 22.0. The molecule has 2 aliphatic rings. The summed E-state index contributed by atoms with van der Waals surface area (Å²) in [5.41, 5.74) is 6.47. The Kier molecular flexibility index (Phi) is 18.3. The van der Waals surface area contributed by atoms with Crippen LogP contribution in [0.3, 0.4) is 0 Å². The summed E-state index contributed by atoms with van der Waals surface area (Å²) in [4.78, 5) is 96.4. The highest BCUT2D eigenvalue weighted by Gasteiger charge is 2.48. The standard InChI is InChI=1S/C46H68N8O9/c1-30(2)25-35(50-39(56)36(26-32-15-9-7-10-16-32)51-40(57)37(52-43(60)61)27-33-17-11-8-12-18-33)38(55)49-34(19-13-14-22-48-44(62)63-45(4,5)6)42(59)54-28-46(29-54)20-23-53(24-21-46)41(58)31(3)47/h7-12,15-18,30-31,34-37,52H,13-14,19-29,47H2,1-6H3,(H,48,62)(H,49,55)(H,50,56)(H,51,57)(H,60,61). The van der Waals surface area contributed by atoms with Crippen LogP contribution in [0.4, 0.5) is 9.59 Å². The number of likely N-dealkylation sites (tertiary alicyclic amines) is 2. The highest BCUT2D eigenvalue weighted by molar-refractivity contribution is 5.95. The summed E-state index contributed by atoms with van der Waals surface area (Å²) in [5, 5.41) is 23.1. The van der Waals surface area contributed by atoms with Crippen molar-refractivity contribution in [2.45, 2.75) is 129 Å². The van der Waals surface area contributed by atoms with E-state index in [1.54, 1.807) is 92.1 Å². The first-order valence-corrected chi connectivity index (χ1v) is 22.0. The van der Waals surface area contributed by atoms with Gasteiger partial charge in [0.1, 0.15) is 29.8 Å². The second kappa shape index (κ2) is 23.1. The Morgan fingerprint density at radius 1 is 0.698 bits per heavy atom. The molecule has 5 atom stereocenters. The SMILES string of the molecule is CC(C)CC(NC(=O)C(Cc1ccccc1)NC(=O)C(Cc1ccccc1)NC(=O)O)C(=O)NC(CCCCNC(=O)OC(C)(C)C)C(=O)N1CC2(CCN(C(=O)C(C)N)CC2)C1. The molecule has 0 aliphatic carbocycles. The Balaban J connectivity index is 1.50. The number of carbonyl (C=O) groups excluding carboxylic acids is 6. The van der Waals surface area contributed by atoms with E-state index in [-0.39, 0.29) is 48.8 Å². The van der Waals surface area contributed by atoms with E-state index in [1.165, 1.54) is 0 Å². The van der Waals surface area contributed by atoms with Gasteiger partial charge >= 0.3 is 12.2 Å². The van der Waals surface area contributed by atoms with Crippen LogP contribution in [-0.2, 0) is 41.6 Å². The van der Waals surface area contributed by atoms with E-state index in [1.807, 2.05) is 19.9 Å². The molecule has 2 aromatic rings. The minimum absolute atomic E-state index is 0.0351. The van der Waals surface area contributed by atoms with Gasteiger partial charge in [0.05, 0.1) is 6.04 Å². The Morgan fingerprint density at radius 3 is 1.68 bits per heavy atom. The molecule has 8 N–H and O–H groups in total. The summed E-state index contributed by atoms with van der Waals surface area (Å²) in [7, 11) is 0. The normalized spacial score (nSPS) is 17.0. The molecular weight excluding hydrogens is 809 g/mol. The van der Waals surface area contributed by atoms with Crippen molar-refractivity contribution in [3.8, 4) is 0 Å². The third-order valence-electron chi connectivity index (χ3n) is 11.2. The van der Waals surface area contributed by atoms with E-state index < -0.39 is 65.7 Å². The van der Waals surface area contributed by atoms with Gasteiger partial charge in [0, 0.05) is 51.0 Å². The molecule has 346 valence electrons. The lowest BCUT2D eigenvalue weighted by atomic mass is 9.71. The number of alkyl carbamates (subject to hydrolysis) is 1. The van der Waals surface area contributed by atoms with Crippen LogP contribution in [0.5, 0.6) is 0 Å². The Hall–Kier alpha value is -5.71. The molecule has 5 unspecified atom stereocenters. The number of benzene rings is 2. The average Bonchev–Trinajstić information content (AvgIpc) is 3.20. The summed E-state index contributed by atoms with van der Waals surface area (Å²) in [6, 6.07) is 12.8. The molecule has 1 spiro atoms. The zero-order valence-electron chi connectivity index (χ0n) is 37.6. The molecule has 4 rings (SSSR count). The molecule has 0 bridgehead atoms. The number of ether oxygens (including phenoxy) is 1. The monoisotopic (exact) mass is 877 g/mol. The van der Waals surface area contributed by atoms with E-state index in [0.717, 1.165) is 18.4 Å². The van der Waals surface area contributed by atoms with Gasteiger partial charge in [-0.2, -0.15) is 0 Å². The lowest BCUT2D eigenvalue weighted by Crippen LogP contribution is -2.66. The predicted molar refractivity (Wildman–Crippen MR) is 237 cm³/mol. The van der Waals surface area contributed by atoms with E-state index in [4.69, 9.17) is 10.5 Å². The van der Waals surface area contributed by atoms with Gasteiger partial charge in [0.15, 0.2) is 0 Å². The average molecular weight is 877 g/mol. The summed E-state index contributed by atoms with van der Waals surface area (Å²) < 4.78 is 5.33. The topological polar surface area (TPSA) is 242 Å². The van der Waals surface area contributed by atoms with Crippen molar-refractivity contribution in [2.24, 2.45) is 17.1 Å². The van der Waals surface area contributed by atoms with Gasteiger partial charge in [-0.1, -0.05) is 74.5 Å². The highest BCUT2D eigenvalue weighted by Crippen LogP contribution is 2.41. The molecule has 7 amide bonds. The van der Waals surface area contributed by atoms with E-state index in [2.05, 4.69) is 26.6 Å². The lowest BCUT2D eigenvalue weighted by Gasteiger charge is -2.54. The van der Waals surface area contributed by atoms with Crippen molar-refractivity contribution in [1.29, 1.82) is 0 Å². The molecule has 0 aromatic heterocycles.